The summed E-state index contributed by atoms with van der Waals surface area (Å²) in [5.74, 6) is 0.698. The summed E-state index contributed by atoms with van der Waals surface area (Å²) in [6.07, 6.45) is 3.50. The van der Waals surface area contributed by atoms with E-state index in [4.69, 9.17) is 11.0 Å². The van der Waals surface area contributed by atoms with Gasteiger partial charge in [-0.15, -0.1) is 0 Å². The predicted octanol–water partition coefficient (Wildman–Crippen LogP) is 1.99. The lowest BCUT2D eigenvalue weighted by Gasteiger charge is -2.40. The van der Waals surface area contributed by atoms with Crippen molar-refractivity contribution < 1.29 is 0 Å². The Balaban J connectivity index is 2.49. The third-order valence-electron chi connectivity index (χ3n) is 3.80. The maximum absolute atomic E-state index is 9.01. The van der Waals surface area contributed by atoms with Crippen molar-refractivity contribution in [3.05, 3.63) is 0 Å². The third kappa shape index (κ3) is 3.47. The average molecular weight is 223 g/mol. The topological polar surface area (TPSA) is 53.0 Å². The standard InChI is InChI=1S/C13H25N3/c1-11-5-4-7-16(12(11)9-14)8-6-13(2,3)10-15/h11-12H,4-9,14H2,1-3H3. The van der Waals surface area contributed by atoms with Gasteiger partial charge in [-0.25, -0.2) is 0 Å². The number of hydrogen-bond acceptors (Lipinski definition) is 3. The van der Waals surface area contributed by atoms with E-state index in [1.54, 1.807) is 0 Å². The highest BCUT2D eigenvalue weighted by Gasteiger charge is 2.28. The van der Waals surface area contributed by atoms with Crippen molar-refractivity contribution in [2.24, 2.45) is 17.1 Å². The molecule has 2 unspecified atom stereocenters. The van der Waals surface area contributed by atoms with E-state index in [1.807, 2.05) is 13.8 Å². The molecule has 0 aliphatic carbocycles. The van der Waals surface area contributed by atoms with Gasteiger partial charge in [0.1, 0.15) is 0 Å². The van der Waals surface area contributed by atoms with Crippen molar-refractivity contribution in [1.82, 2.24) is 4.90 Å². The molecule has 0 amide bonds. The number of piperidine rings is 1. The van der Waals surface area contributed by atoms with Crippen LogP contribution in [0.2, 0.25) is 0 Å². The lowest BCUT2D eigenvalue weighted by atomic mass is 9.87. The Labute approximate surface area is 99.6 Å². The minimum absolute atomic E-state index is 0.208. The number of nitrogens with two attached hydrogens (primary N) is 1. The van der Waals surface area contributed by atoms with Crippen LogP contribution in [0.5, 0.6) is 0 Å². The Hall–Kier alpha value is -0.590. The molecule has 2 N–H and O–H groups in total. The highest BCUT2D eigenvalue weighted by atomic mass is 15.2. The Bertz CT molecular complexity index is 254. The lowest BCUT2D eigenvalue weighted by molar-refractivity contribution is 0.0969. The summed E-state index contributed by atoms with van der Waals surface area (Å²) in [6.45, 7) is 9.21. The van der Waals surface area contributed by atoms with Crippen molar-refractivity contribution in [3.63, 3.8) is 0 Å². The molecule has 3 heteroatoms. The molecule has 92 valence electrons. The minimum Gasteiger partial charge on any atom is -0.329 e. The molecule has 0 radical (unpaired) electrons. The van der Waals surface area contributed by atoms with Gasteiger partial charge in [0.15, 0.2) is 0 Å². The zero-order chi connectivity index (χ0) is 12.2. The molecule has 1 rings (SSSR count). The summed E-state index contributed by atoms with van der Waals surface area (Å²) < 4.78 is 0. The summed E-state index contributed by atoms with van der Waals surface area (Å²) >= 11 is 0. The molecule has 0 bridgehead atoms. The molecule has 2 atom stereocenters. The number of nitrogens with zero attached hydrogens (tertiary/aromatic N) is 2. The van der Waals surface area contributed by atoms with E-state index in [9.17, 15) is 0 Å². The molecular formula is C13H25N3. The van der Waals surface area contributed by atoms with Crippen LogP contribution in [0.25, 0.3) is 0 Å². The Morgan fingerprint density at radius 3 is 2.75 bits per heavy atom. The summed E-state index contributed by atoms with van der Waals surface area (Å²) in [5, 5.41) is 9.01. The van der Waals surface area contributed by atoms with Gasteiger partial charge in [0, 0.05) is 12.6 Å². The predicted molar refractivity (Wildman–Crippen MR) is 66.8 cm³/mol. The fraction of sp³-hybridized carbons (Fsp3) is 0.923. The summed E-state index contributed by atoms with van der Waals surface area (Å²) in [6, 6.07) is 2.88. The van der Waals surface area contributed by atoms with Gasteiger partial charge in [-0.1, -0.05) is 6.92 Å². The second-order valence-electron chi connectivity index (χ2n) is 5.70. The second kappa shape index (κ2) is 5.65. The smallest absolute Gasteiger partial charge is 0.0684 e. The molecule has 0 saturated carbocycles. The summed E-state index contributed by atoms with van der Waals surface area (Å²) in [7, 11) is 0. The van der Waals surface area contributed by atoms with Crippen LogP contribution in [0, 0.1) is 22.7 Å². The number of nitriles is 1. The van der Waals surface area contributed by atoms with Gasteiger partial charge in [0.25, 0.3) is 0 Å². The summed E-state index contributed by atoms with van der Waals surface area (Å²) in [5.41, 5.74) is 5.64. The van der Waals surface area contributed by atoms with Crippen LogP contribution >= 0.6 is 0 Å². The van der Waals surface area contributed by atoms with Crippen LogP contribution in [0.4, 0.5) is 0 Å². The molecular weight excluding hydrogens is 198 g/mol. The highest BCUT2D eigenvalue weighted by Crippen LogP contribution is 2.25. The van der Waals surface area contributed by atoms with Crippen molar-refractivity contribution in [1.29, 1.82) is 5.26 Å². The SMILES string of the molecule is CC1CCCN(CCC(C)(C)C#N)C1CN. The largest absolute Gasteiger partial charge is 0.329 e. The van der Waals surface area contributed by atoms with Crippen LogP contribution < -0.4 is 5.73 Å². The molecule has 3 nitrogen and oxygen atoms in total. The average Bonchev–Trinajstić information content (AvgIpc) is 2.26. The Morgan fingerprint density at radius 1 is 1.50 bits per heavy atom. The quantitative estimate of drug-likeness (QED) is 0.793. The molecule has 0 aromatic rings. The second-order valence-corrected chi connectivity index (χ2v) is 5.70. The van der Waals surface area contributed by atoms with Crippen LogP contribution in [0.15, 0.2) is 0 Å². The normalized spacial score (nSPS) is 27.7. The van der Waals surface area contributed by atoms with Crippen molar-refractivity contribution in [2.75, 3.05) is 19.6 Å². The van der Waals surface area contributed by atoms with Crippen LogP contribution in [0.1, 0.15) is 40.0 Å². The zero-order valence-corrected chi connectivity index (χ0v) is 10.9. The molecule has 0 aromatic heterocycles. The van der Waals surface area contributed by atoms with Gasteiger partial charge in [-0.2, -0.15) is 5.26 Å². The van der Waals surface area contributed by atoms with E-state index >= 15 is 0 Å². The fourth-order valence-electron chi connectivity index (χ4n) is 2.47. The van der Waals surface area contributed by atoms with Gasteiger partial charge < -0.3 is 5.73 Å². The first kappa shape index (κ1) is 13.5. The van der Waals surface area contributed by atoms with Crippen molar-refractivity contribution >= 4 is 0 Å². The highest BCUT2D eigenvalue weighted by molar-refractivity contribution is 4.93. The van der Waals surface area contributed by atoms with Gasteiger partial charge in [0.05, 0.1) is 11.5 Å². The van der Waals surface area contributed by atoms with Crippen molar-refractivity contribution in [2.45, 2.75) is 46.1 Å². The fourth-order valence-corrected chi connectivity index (χ4v) is 2.47. The first-order chi connectivity index (χ1) is 7.50. The first-order valence-corrected chi connectivity index (χ1v) is 6.35. The van der Waals surface area contributed by atoms with E-state index in [0.29, 0.717) is 12.0 Å². The Morgan fingerprint density at radius 2 is 2.19 bits per heavy atom. The van der Waals surface area contributed by atoms with E-state index in [1.165, 1.54) is 12.8 Å². The van der Waals surface area contributed by atoms with Gasteiger partial charge in [0.2, 0.25) is 0 Å². The number of likely N-dealkylation sites (tertiary alicyclic amines) is 1. The number of hydrogen-bond donors (Lipinski definition) is 1. The van der Waals surface area contributed by atoms with Crippen molar-refractivity contribution in [3.8, 4) is 6.07 Å². The molecule has 16 heavy (non-hydrogen) atoms. The molecule has 1 saturated heterocycles. The van der Waals surface area contributed by atoms with E-state index in [-0.39, 0.29) is 5.41 Å². The minimum atomic E-state index is -0.208. The molecule has 0 spiro atoms. The summed E-state index contributed by atoms with van der Waals surface area (Å²) in [4.78, 5) is 2.48. The molecule has 1 fully saturated rings. The maximum Gasteiger partial charge on any atom is 0.0684 e. The third-order valence-corrected chi connectivity index (χ3v) is 3.80. The first-order valence-electron chi connectivity index (χ1n) is 6.35. The van der Waals surface area contributed by atoms with Gasteiger partial charge >= 0.3 is 0 Å². The van der Waals surface area contributed by atoms with Gasteiger partial charge in [-0.3, -0.25) is 4.90 Å². The molecule has 1 aliphatic heterocycles. The van der Waals surface area contributed by atoms with Crippen LogP contribution in [-0.2, 0) is 0 Å². The molecule has 1 aliphatic rings. The number of rotatable bonds is 4. The maximum atomic E-state index is 9.01. The lowest BCUT2D eigenvalue weighted by Crippen LogP contribution is -2.49. The molecule has 0 aromatic carbocycles. The van der Waals surface area contributed by atoms with Crippen LogP contribution in [0.3, 0.4) is 0 Å². The van der Waals surface area contributed by atoms with E-state index in [0.717, 1.165) is 26.1 Å². The zero-order valence-electron chi connectivity index (χ0n) is 10.9. The monoisotopic (exact) mass is 223 g/mol. The Kier molecular flexibility index (Phi) is 4.76. The van der Waals surface area contributed by atoms with E-state index < -0.39 is 0 Å². The van der Waals surface area contributed by atoms with Crippen LogP contribution in [-0.4, -0.2) is 30.6 Å². The molecule has 1 heterocycles. The van der Waals surface area contributed by atoms with E-state index in [2.05, 4.69) is 17.9 Å². The van der Waals surface area contributed by atoms with Gasteiger partial charge in [-0.05, 0) is 52.1 Å².